The summed E-state index contributed by atoms with van der Waals surface area (Å²) in [6, 6.07) is 71.4. The second-order valence-corrected chi connectivity index (χ2v) is 17.4. The van der Waals surface area contributed by atoms with Crippen LogP contribution in [0.2, 0.25) is 0 Å². The van der Waals surface area contributed by atoms with Crippen molar-refractivity contribution < 1.29 is 0 Å². The van der Waals surface area contributed by atoms with E-state index in [1.54, 1.807) is 0 Å². The van der Waals surface area contributed by atoms with Gasteiger partial charge < -0.3 is 10.6 Å². The molecule has 2 atom stereocenters. The Hall–Kier alpha value is -7.14. The van der Waals surface area contributed by atoms with Crippen LogP contribution in [0.15, 0.2) is 210 Å². The third kappa shape index (κ3) is 4.83. The molecule has 60 heavy (non-hydrogen) atoms. The zero-order chi connectivity index (χ0) is 39.4. The summed E-state index contributed by atoms with van der Waals surface area (Å²) in [5.41, 5.74) is 18.4. The first kappa shape index (κ1) is 33.8. The average Bonchev–Trinajstić information content (AvgIpc) is 3.99. The van der Waals surface area contributed by atoms with Gasteiger partial charge in [-0.1, -0.05) is 194 Å². The second-order valence-electron chi connectivity index (χ2n) is 16.3. The van der Waals surface area contributed by atoms with Crippen molar-refractivity contribution in [2.75, 3.05) is 5.32 Å². The molecule has 9 aromatic carbocycles. The van der Waals surface area contributed by atoms with Crippen molar-refractivity contribution in [3.63, 3.8) is 0 Å². The molecular weight excluding hydrogens is 747 g/mol. The number of aliphatic imine (C=N–C) groups is 1. The first-order valence-corrected chi connectivity index (χ1v) is 21.6. The van der Waals surface area contributed by atoms with Crippen LogP contribution in [-0.4, -0.2) is 5.71 Å². The Labute approximate surface area is 353 Å². The minimum atomic E-state index is -0.359. The highest BCUT2D eigenvalue weighted by molar-refractivity contribution is 8.00. The van der Waals surface area contributed by atoms with E-state index in [1.807, 2.05) is 11.8 Å². The highest BCUT2D eigenvalue weighted by atomic mass is 32.2. The first-order valence-electron chi connectivity index (χ1n) is 20.8. The maximum Gasteiger partial charge on any atom is 0.145 e. The van der Waals surface area contributed by atoms with Gasteiger partial charge in [-0.3, -0.25) is 4.99 Å². The van der Waals surface area contributed by atoms with E-state index in [4.69, 9.17) is 4.99 Å². The van der Waals surface area contributed by atoms with Crippen molar-refractivity contribution in [3.05, 3.63) is 245 Å². The van der Waals surface area contributed by atoms with E-state index in [0.29, 0.717) is 0 Å². The Morgan fingerprint density at radius 2 is 1.05 bits per heavy atom. The molecule has 0 radical (unpaired) electrons. The lowest BCUT2D eigenvalue weighted by Crippen LogP contribution is -2.26. The van der Waals surface area contributed by atoms with Gasteiger partial charge >= 0.3 is 0 Å². The molecule has 0 bridgehead atoms. The molecule has 0 saturated heterocycles. The van der Waals surface area contributed by atoms with E-state index < -0.39 is 0 Å². The topological polar surface area (TPSA) is 36.4 Å². The number of nitrogens with zero attached hydrogens (tertiary/aromatic N) is 1. The summed E-state index contributed by atoms with van der Waals surface area (Å²) < 4.78 is 0. The molecule has 9 aromatic rings. The van der Waals surface area contributed by atoms with Crippen LogP contribution in [0.1, 0.15) is 56.0 Å². The van der Waals surface area contributed by atoms with E-state index in [2.05, 4.69) is 211 Å². The fourth-order valence-electron chi connectivity index (χ4n) is 10.5. The van der Waals surface area contributed by atoms with Crippen LogP contribution in [0.25, 0.3) is 49.5 Å². The van der Waals surface area contributed by atoms with Gasteiger partial charge in [-0.05, 0) is 101 Å². The van der Waals surface area contributed by atoms with Crippen molar-refractivity contribution in [2.45, 2.75) is 21.9 Å². The Morgan fingerprint density at radius 1 is 0.467 bits per heavy atom. The van der Waals surface area contributed by atoms with Crippen molar-refractivity contribution in [1.82, 2.24) is 5.32 Å². The minimum Gasteiger partial charge on any atom is -0.368 e. The maximum atomic E-state index is 5.27. The average molecular weight is 784 g/mol. The zero-order valence-corrected chi connectivity index (χ0v) is 33.4. The fraction of sp³-hybridized carbons (Fsp3) is 0.0536. The maximum absolute atomic E-state index is 5.27. The Balaban J connectivity index is 0.894. The van der Waals surface area contributed by atoms with Gasteiger partial charge in [0.2, 0.25) is 0 Å². The summed E-state index contributed by atoms with van der Waals surface area (Å²) in [4.78, 5) is 6.55. The lowest BCUT2D eigenvalue weighted by Gasteiger charge is -2.31. The number of benzene rings is 9. The minimum absolute atomic E-state index is 0.0680. The van der Waals surface area contributed by atoms with Gasteiger partial charge in [0.15, 0.2) is 0 Å². The van der Waals surface area contributed by atoms with E-state index in [0.717, 1.165) is 28.1 Å². The summed E-state index contributed by atoms with van der Waals surface area (Å²) >= 11 is 1.92. The Kier molecular flexibility index (Phi) is 7.28. The van der Waals surface area contributed by atoms with Crippen molar-refractivity contribution in [3.8, 4) is 22.3 Å². The van der Waals surface area contributed by atoms with Crippen molar-refractivity contribution in [2.24, 2.45) is 4.99 Å². The molecule has 2 unspecified atom stereocenters. The van der Waals surface area contributed by atoms with E-state index in [-0.39, 0.29) is 17.0 Å². The summed E-state index contributed by atoms with van der Waals surface area (Å²) in [6.07, 6.45) is 1.94. The molecular formula is C56H37N3S. The molecule has 0 fully saturated rings. The molecule has 0 aromatic heterocycles. The third-order valence-corrected chi connectivity index (χ3v) is 14.4. The normalized spacial score (nSPS) is 17.5. The smallest absolute Gasteiger partial charge is 0.145 e. The molecule has 13 rings (SSSR count). The number of allylic oxidation sites excluding steroid dienone is 1. The van der Waals surface area contributed by atoms with Crippen LogP contribution in [0.3, 0.4) is 0 Å². The predicted octanol–water partition coefficient (Wildman–Crippen LogP) is 13.7. The largest absolute Gasteiger partial charge is 0.368 e. The number of fused-ring (bicyclic) bond motifs is 15. The van der Waals surface area contributed by atoms with Crippen molar-refractivity contribution in [1.29, 1.82) is 0 Å². The van der Waals surface area contributed by atoms with Gasteiger partial charge in [-0.2, -0.15) is 0 Å². The summed E-state index contributed by atoms with van der Waals surface area (Å²) in [7, 11) is 0. The SMILES string of the molecule is C1=C(c2ccccc2)NC(c2ccc3c(ccc4ccc5c(c43)NC(c3ccc4c(c3)C3(c6ccccc6-c6ccccc63)c3ccccc3-4)S5)c2)N=C1c1ccccc1. The lowest BCUT2D eigenvalue weighted by atomic mass is 9.70. The zero-order valence-electron chi connectivity index (χ0n) is 32.6. The molecule has 0 saturated carbocycles. The van der Waals surface area contributed by atoms with Crippen LogP contribution in [0.4, 0.5) is 5.69 Å². The summed E-state index contributed by atoms with van der Waals surface area (Å²) in [6.45, 7) is 0. The van der Waals surface area contributed by atoms with Crippen LogP contribution < -0.4 is 10.6 Å². The number of hydrogen-bond donors (Lipinski definition) is 2. The molecule has 2 aliphatic heterocycles. The van der Waals surface area contributed by atoms with E-state index in [9.17, 15) is 0 Å². The van der Waals surface area contributed by atoms with Crippen LogP contribution >= 0.6 is 11.8 Å². The number of nitrogens with one attached hydrogen (secondary N) is 2. The Bertz CT molecular complexity index is 3250. The lowest BCUT2D eigenvalue weighted by molar-refractivity contribution is 0.665. The van der Waals surface area contributed by atoms with Gasteiger partial charge in [0, 0.05) is 16.0 Å². The van der Waals surface area contributed by atoms with Gasteiger partial charge in [-0.15, -0.1) is 0 Å². The van der Waals surface area contributed by atoms with Crippen LogP contribution in [-0.2, 0) is 5.41 Å². The molecule has 4 aliphatic rings. The monoisotopic (exact) mass is 783 g/mol. The van der Waals surface area contributed by atoms with Gasteiger partial charge in [0.1, 0.15) is 11.5 Å². The summed E-state index contributed by atoms with van der Waals surface area (Å²) in [5, 5.41) is 12.8. The third-order valence-electron chi connectivity index (χ3n) is 13.1. The molecule has 2 heterocycles. The molecule has 282 valence electrons. The molecule has 4 heteroatoms. The molecule has 2 aliphatic carbocycles. The number of rotatable bonds is 4. The van der Waals surface area contributed by atoms with Gasteiger partial charge in [0.25, 0.3) is 0 Å². The van der Waals surface area contributed by atoms with E-state index in [1.165, 1.54) is 82.2 Å². The standard InChI is InChI=1S/C56H37N3S/c1-3-13-34(14-4-1)49-33-50(35-15-5-2-6-16-35)58-54(57-49)38-25-28-40-37(31-38)24-23-36-27-30-51-53(52(36)40)59-55(60-51)39-26-29-44-43-19-9-12-22-47(43)56(48(44)32-39)45-20-10-7-17-41(45)42-18-8-11-21-46(42)56/h1-33,54-55,57,59H. The summed E-state index contributed by atoms with van der Waals surface area (Å²) in [5.74, 6) is 0. The van der Waals surface area contributed by atoms with E-state index >= 15 is 0 Å². The first-order chi connectivity index (χ1) is 29.7. The molecule has 0 amide bonds. The number of anilines is 1. The highest BCUT2D eigenvalue weighted by Gasteiger charge is 2.51. The second kappa shape index (κ2) is 12.9. The Morgan fingerprint density at radius 3 is 1.75 bits per heavy atom. The van der Waals surface area contributed by atoms with Crippen molar-refractivity contribution >= 4 is 50.4 Å². The number of thioether (sulfide) groups is 1. The molecule has 1 spiro atoms. The quantitative estimate of drug-likeness (QED) is 0.175. The van der Waals surface area contributed by atoms with Gasteiger partial charge in [0.05, 0.1) is 16.8 Å². The molecule has 3 nitrogen and oxygen atoms in total. The number of hydrogen-bond acceptors (Lipinski definition) is 4. The van der Waals surface area contributed by atoms with Gasteiger partial charge in [-0.25, -0.2) is 0 Å². The highest BCUT2D eigenvalue weighted by Crippen LogP contribution is 2.63. The fourth-order valence-corrected chi connectivity index (χ4v) is 11.7. The molecule has 2 N–H and O–H groups in total. The predicted molar refractivity (Wildman–Crippen MR) is 250 cm³/mol. The van der Waals surface area contributed by atoms with Crippen LogP contribution in [0, 0.1) is 0 Å². The van der Waals surface area contributed by atoms with Crippen LogP contribution in [0.5, 0.6) is 0 Å².